The van der Waals surface area contributed by atoms with Crippen LogP contribution in [0.3, 0.4) is 0 Å². The van der Waals surface area contributed by atoms with Crippen molar-refractivity contribution in [1.29, 1.82) is 0 Å². The van der Waals surface area contributed by atoms with Gasteiger partial charge >= 0.3 is 0 Å². The van der Waals surface area contributed by atoms with Gasteiger partial charge < -0.3 is 25.8 Å². The van der Waals surface area contributed by atoms with Crippen molar-refractivity contribution in [3.8, 4) is 0 Å². The summed E-state index contributed by atoms with van der Waals surface area (Å²) in [4.78, 5) is 12.5. The molecule has 0 spiro atoms. The van der Waals surface area contributed by atoms with Crippen LogP contribution in [0.2, 0.25) is 0 Å². The maximum absolute atomic E-state index is 12.5. The topological polar surface area (TPSA) is 132 Å². The van der Waals surface area contributed by atoms with Crippen LogP contribution in [0, 0.1) is 0 Å². The van der Waals surface area contributed by atoms with Gasteiger partial charge in [0.1, 0.15) is 6.10 Å². The predicted molar refractivity (Wildman–Crippen MR) is 98.6 cm³/mol. The minimum Gasteiger partial charge on any atom is -0.383 e. The first-order valence-electron chi connectivity index (χ1n) is 8.38. The van der Waals surface area contributed by atoms with E-state index >= 15 is 0 Å². The zero-order chi connectivity index (χ0) is 19.2. The van der Waals surface area contributed by atoms with Gasteiger partial charge in [0.05, 0.1) is 29.0 Å². The van der Waals surface area contributed by atoms with Crippen LogP contribution in [0.25, 0.3) is 0 Å². The van der Waals surface area contributed by atoms with Crippen molar-refractivity contribution >= 4 is 27.3 Å². The number of carbonyl (C=O) groups excluding carboxylic acids is 1. The second kappa shape index (κ2) is 9.28. The summed E-state index contributed by atoms with van der Waals surface area (Å²) < 4.78 is 36.9. The smallest absolute Gasteiger partial charge is 0.253 e. The number of anilines is 2. The molecule has 10 heteroatoms. The van der Waals surface area contributed by atoms with Crippen molar-refractivity contribution in [2.24, 2.45) is 5.73 Å². The van der Waals surface area contributed by atoms with Gasteiger partial charge in [0.15, 0.2) is 0 Å². The molecule has 0 saturated carbocycles. The number of carbonyl (C=O) groups is 1. The lowest BCUT2D eigenvalue weighted by Crippen LogP contribution is -2.30. The van der Waals surface area contributed by atoms with Gasteiger partial charge in [-0.3, -0.25) is 4.79 Å². The van der Waals surface area contributed by atoms with Gasteiger partial charge in [0.2, 0.25) is 10.0 Å². The molecular weight excluding hydrogens is 360 g/mol. The van der Waals surface area contributed by atoms with Crippen LogP contribution < -0.4 is 21.1 Å². The van der Waals surface area contributed by atoms with Crippen molar-refractivity contribution in [1.82, 2.24) is 4.72 Å². The Morgan fingerprint density at radius 2 is 2.12 bits per heavy atom. The Morgan fingerprint density at radius 1 is 1.35 bits per heavy atom. The number of hydrogen-bond acceptors (Lipinski definition) is 7. The van der Waals surface area contributed by atoms with Gasteiger partial charge in [0, 0.05) is 20.2 Å². The third-order valence-electron chi connectivity index (χ3n) is 4.11. The van der Waals surface area contributed by atoms with Crippen molar-refractivity contribution in [2.75, 3.05) is 44.5 Å². The monoisotopic (exact) mass is 386 g/mol. The van der Waals surface area contributed by atoms with Crippen molar-refractivity contribution in [2.45, 2.75) is 29.9 Å². The minimum atomic E-state index is -3.63. The molecule has 26 heavy (non-hydrogen) atoms. The maximum atomic E-state index is 12.5. The molecule has 1 amide bonds. The number of amides is 1. The van der Waals surface area contributed by atoms with E-state index in [1.165, 1.54) is 19.2 Å². The van der Waals surface area contributed by atoms with Crippen LogP contribution in [0.15, 0.2) is 23.1 Å². The van der Waals surface area contributed by atoms with E-state index < -0.39 is 16.1 Å². The van der Waals surface area contributed by atoms with E-state index in [9.17, 15) is 13.2 Å². The van der Waals surface area contributed by atoms with E-state index in [1.807, 2.05) is 0 Å². The molecule has 0 radical (unpaired) electrons. The number of sulfonamides is 1. The summed E-state index contributed by atoms with van der Waals surface area (Å²) in [5.74, 6) is -0.324. The standard InChI is InChI=1S/C16H26N4O5S/c1-18-26(22,23)12-4-5-13(19-7-8-24-2)14(9-12)20-16(21)15-6-3-11(10-17)25-15/h4-5,9,11,15,18-19H,3,6-8,10,17H2,1-2H3,(H,20,21)/t11-,15+/m1/s1. The molecule has 1 aliphatic rings. The first-order valence-corrected chi connectivity index (χ1v) is 9.86. The van der Waals surface area contributed by atoms with E-state index in [0.29, 0.717) is 37.5 Å². The van der Waals surface area contributed by atoms with Gasteiger partial charge in [0.25, 0.3) is 5.91 Å². The normalized spacial score (nSPS) is 20.1. The lowest BCUT2D eigenvalue weighted by Gasteiger charge is -2.17. The zero-order valence-electron chi connectivity index (χ0n) is 14.9. The van der Waals surface area contributed by atoms with Gasteiger partial charge in [-0.25, -0.2) is 13.1 Å². The molecule has 2 rings (SSSR count). The number of methoxy groups -OCH3 is 1. The van der Waals surface area contributed by atoms with Crippen LogP contribution in [0.1, 0.15) is 12.8 Å². The van der Waals surface area contributed by atoms with Gasteiger partial charge in [-0.1, -0.05) is 0 Å². The molecule has 0 aliphatic carbocycles. The van der Waals surface area contributed by atoms with Crippen LogP contribution >= 0.6 is 0 Å². The van der Waals surface area contributed by atoms with Crippen LogP contribution in [0.5, 0.6) is 0 Å². The molecule has 5 N–H and O–H groups in total. The summed E-state index contributed by atoms with van der Waals surface area (Å²) in [5, 5.41) is 5.87. The summed E-state index contributed by atoms with van der Waals surface area (Å²) in [7, 11) is -0.719. The molecule has 1 heterocycles. The first kappa shape index (κ1) is 20.6. The van der Waals surface area contributed by atoms with E-state index in [1.54, 1.807) is 13.2 Å². The number of nitrogens with two attached hydrogens (primary N) is 1. The van der Waals surface area contributed by atoms with E-state index in [0.717, 1.165) is 6.42 Å². The molecule has 1 aliphatic heterocycles. The largest absolute Gasteiger partial charge is 0.383 e. The first-order chi connectivity index (χ1) is 12.4. The zero-order valence-corrected chi connectivity index (χ0v) is 15.8. The molecule has 1 aromatic rings. The van der Waals surface area contributed by atoms with Crippen LogP contribution in [-0.2, 0) is 24.3 Å². The highest BCUT2D eigenvalue weighted by molar-refractivity contribution is 7.89. The Labute approximate surface area is 153 Å². The molecular formula is C16H26N4O5S. The Hall–Kier alpha value is -1.72. The van der Waals surface area contributed by atoms with Gasteiger partial charge in [-0.2, -0.15) is 0 Å². The average molecular weight is 386 g/mol. The molecule has 2 atom stereocenters. The summed E-state index contributed by atoms with van der Waals surface area (Å²) >= 11 is 0. The summed E-state index contributed by atoms with van der Waals surface area (Å²) in [6, 6.07) is 4.48. The summed E-state index contributed by atoms with van der Waals surface area (Å²) in [5.41, 5.74) is 6.53. The van der Waals surface area contributed by atoms with Crippen LogP contribution in [0.4, 0.5) is 11.4 Å². The molecule has 1 fully saturated rings. The fraction of sp³-hybridized carbons (Fsp3) is 0.562. The number of hydrogen-bond donors (Lipinski definition) is 4. The van der Waals surface area contributed by atoms with E-state index in [4.69, 9.17) is 15.2 Å². The van der Waals surface area contributed by atoms with Gasteiger partial charge in [-0.05, 0) is 38.1 Å². The molecule has 146 valence electrons. The van der Waals surface area contributed by atoms with Crippen molar-refractivity contribution in [3.63, 3.8) is 0 Å². The quantitative estimate of drug-likeness (QED) is 0.443. The number of nitrogens with one attached hydrogen (secondary N) is 3. The maximum Gasteiger partial charge on any atom is 0.253 e. The average Bonchev–Trinajstić information content (AvgIpc) is 3.12. The lowest BCUT2D eigenvalue weighted by molar-refractivity contribution is -0.126. The Morgan fingerprint density at radius 3 is 2.73 bits per heavy atom. The Balaban J connectivity index is 2.21. The van der Waals surface area contributed by atoms with E-state index in [2.05, 4.69) is 15.4 Å². The fourth-order valence-electron chi connectivity index (χ4n) is 2.64. The predicted octanol–water partition coefficient (Wildman–Crippen LogP) is 0.0978. The molecule has 0 aromatic heterocycles. The summed E-state index contributed by atoms with van der Waals surface area (Å²) in [6.45, 7) is 1.34. The number of ether oxygens (including phenoxy) is 2. The van der Waals surface area contributed by atoms with Crippen LogP contribution in [-0.4, -0.2) is 60.4 Å². The number of rotatable bonds is 9. The molecule has 0 unspecified atom stereocenters. The highest BCUT2D eigenvalue weighted by Gasteiger charge is 2.30. The molecule has 1 aromatic carbocycles. The molecule has 1 saturated heterocycles. The number of benzene rings is 1. The molecule has 0 bridgehead atoms. The highest BCUT2D eigenvalue weighted by atomic mass is 32.2. The van der Waals surface area contributed by atoms with Crippen molar-refractivity contribution < 1.29 is 22.7 Å². The third kappa shape index (κ3) is 5.15. The fourth-order valence-corrected chi connectivity index (χ4v) is 3.39. The molecule has 9 nitrogen and oxygen atoms in total. The second-order valence-corrected chi connectivity index (χ2v) is 7.77. The van der Waals surface area contributed by atoms with E-state index in [-0.39, 0.29) is 16.9 Å². The summed E-state index contributed by atoms with van der Waals surface area (Å²) in [6.07, 6.45) is 0.581. The highest BCUT2D eigenvalue weighted by Crippen LogP contribution is 2.27. The van der Waals surface area contributed by atoms with Gasteiger partial charge in [-0.15, -0.1) is 0 Å². The minimum absolute atomic E-state index is 0.0553. The Bertz CT molecular complexity index is 725. The van der Waals surface area contributed by atoms with Crippen molar-refractivity contribution in [3.05, 3.63) is 18.2 Å². The lowest BCUT2D eigenvalue weighted by atomic mass is 10.2. The SMILES string of the molecule is CNS(=O)(=O)c1ccc(NCCOC)c(NC(=O)[C@@H]2CC[C@H](CN)O2)c1. The second-order valence-electron chi connectivity index (χ2n) is 5.88. The Kier molecular flexibility index (Phi) is 7.35. The third-order valence-corrected chi connectivity index (χ3v) is 5.52.